The van der Waals surface area contributed by atoms with Crippen LogP contribution in [-0.4, -0.2) is 15.8 Å². The third-order valence-electron chi connectivity index (χ3n) is 20.4. The van der Waals surface area contributed by atoms with Crippen molar-refractivity contribution in [2.75, 3.05) is 0 Å². The van der Waals surface area contributed by atoms with Gasteiger partial charge in [-0.2, -0.15) is 0 Å². The molecule has 0 saturated heterocycles. The maximum Gasteiger partial charge on any atom is 0.253 e. The Morgan fingerprint density at radius 3 is 1.61 bits per heavy atom. The predicted molar refractivity (Wildman–Crippen MR) is 340 cm³/mol. The summed E-state index contributed by atoms with van der Waals surface area (Å²) in [6.45, 7) is 24.3. The average molecular weight is 1030 g/mol. The Bertz CT molecular complexity index is 4730. The van der Waals surface area contributed by atoms with Crippen LogP contribution >= 0.6 is 0 Å². The molecular formula is C77H65BN2. The highest BCUT2D eigenvalue weighted by Crippen LogP contribution is 2.63. The number of nitrogens with zero attached hydrogens (tertiary/aromatic N) is 2. The van der Waals surface area contributed by atoms with E-state index in [9.17, 15) is 0 Å². The van der Waals surface area contributed by atoms with Gasteiger partial charge < -0.3 is 9.13 Å². The summed E-state index contributed by atoms with van der Waals surface area (Å²) in [6, 6.07) is 74.4. The number of hydrogen-bond donors (Lipinski definition) is 0. The van der Waals surface area contributed by atoms with Gasteiger partial charge in [0.2, 0.25) is 0 Å². The quantitative estimate of drug-likeness (QED) is 0.156. The van der Waals surface area contributed by atoms with Crippen LogP contribution in [0.25, 0.3) is 99.5 Å². The zero-order valence-electron chi connectivity index (χ0n) is 47.8. The maximum absolute atomic E-state index is 2.80. The molecule has 2 nitrogen and oxygen atoms in total. The SMILES string of the molecule is CC(C)(C)c1cc2c3c(c1)c1cc(C(C)(C)C)cc4c1n3-c1c(ccc3c1B2c1c2ccccc2cc2c(-c5cc6c(cc5-c5ccccc5)C(C)(C)CCC6(C)C)c(-c5ccccc5)n-3c12)C41c2ccccc2-c2ccccc21. The van der Waals surface area contributed by atoms with Crippen LogP contribution in [-0.2, 0) is 27.1 Å². The van der Waals surface area contributed by atoms with Gasteiger partial charge >= 0.3 is 0 Å². The molecule has 2 aliphatic carbocycles. The van der Waals surface area contributed by atoms with Crippen molar-refractivity contribution in [1.82, 2.24) is 9.13 Å². The van der Waals surface area contributed by atoms with Gasteiger partial charge in [-0.05, 0) is 176 Å². The maximum atomic E-state index is 2.80. The highest BCUT2D eigenvalue weighted by molar-refractivity contribution is 7.01. The lowest BCUT2D eigenvalue weighted by atomic mass is 9.33. The van der Waals surface area contributed by atoms with Crippen molar-refractivity contribution in [2.45, 2.75) is 109 Å². The second-order valence-corrected chi connectivity index (χ2v) is 27.8. The molecule has 12 aromatic rings. The molecule has 0 bridgehead atoms. The van der Waals surface area contributed by atoms with Crippen LogP contribution in [0.3, 0.4) is 0 Å². The lowest BCUT2D eigenvalue weighted by Crippen LogP contribution is -2.61. The second kappa shape index (κ2) is 15.2. The fraction of sp³-hybridized carbons (Fsp3) is 0.221. The van der Waals surface area contributed by atoms with E-state index in [2.05, 4.69) is 266 Å². The summed E-state index contributed by atoms with van der Waals surface area (Å²) in [5, 5.41) is 6.64. The summed E-state index contributed by atoms with van der Waals surface area (Å²) in [7, 11) is 0. The van der Waals surface area contributed by atoms with E-state index in [0.717, 1.165) is 12.8 Å². The molecule has 0 amide bonds. The van der Waals surface area contributed by atoms with E-state index in [-0.39, 0.29) is 28.4 Å². The van der Waals surface area contributed by atoms with Gasteiger partial charge in [-0.1, -0.05) is 221 Å². The fourth-order valence-electron chi connectivity index (χ4n) is 16.4. The van der Waals surface area contributed by atoms with E-state index in [1.165, 1.54) is 160 Å². The molecule has 1 spiro atoms. The van der Waals surface area contributed by atoms with Crippen LogP contribution in [0.15, 0.2) is 188 Å². The molecule has 0 fully saturated rings. The van der Waals surface area contributed by atoms with Gasteiger partial charge in [0.25, 0.3) is 6.71 Å². The van der Waals surface area contributed by atoms with E-state index in [1.807, 2.05) is 0 Å². The van der Waals surface area contributed by atoms with Gasteiger partial charge in [-0.15, -0.1) is 0 Å². The van der Waals surface area contributed by atoms with Gasteiger partial charge in [0.1, 0.15) is 0 Å². The Morgan fingerprint density at radius 2 is 0.963 bits per heavy atom. The molecule has 5 heterocycles. The van der Waals surface area contributed by atoms with E-state index < -0.39 is 5.41 Å². The summed E-state index contributed by atoms with van der Waals surface area (Å²) in [5.41, 5.74) is 31.7. The first-order valence-corrected chi connectivity index (χ1v) is 29.4. The monoisotopic (exact) mass is 1030 g/mol. The minimum absolute atomic E-state index is 0.00104. The third kappa shape index (κ3) is 5.71. The molecule has 0 atom stereocenters. The summed E-state index contributed by atoms with van der Waals surface area (Å²) >= 11 is 0. The van der Waals surface area contributed by atoms with Crippen molar-refractivity contribution in [3.05, 3.63) is 233 Å². The molecule has 2 aromatic heterocycles. The molecule has 386 valence electrons. The van der Waals surface area contributed by atoms with Crippen LogP contribution < -0.4 is 16.4 Å². The van der Waals surface area contributed by atoms with Gasteiger partial charge in [-0.3, -0.25) is 0 Å². The normalized spacial score (nSPS) is 16.3. The average Bonchev–Trinajstić information content (AvgIpc) is 1.84. The minimum Gasteiger partial charge on any atom is -0.310 e. The van der Waals surface area contributed by atoms with Gasteiger partial charge in [0, 0.05) is 38.6 Å². The molecule has 3 heteroatoms. The third-order valence-corrected chi connectivity index (χ3v) is 20.4. The number of benzene rings is 10. The molecule has 0 saturated carbocycles. The first-order chi connectivity index (χ1) is 38.5. The molecule has 17 rings (SSSR count). The zero-order valence-corrected chi connectivity index (χ0v) is 47.8. The van der Waals surface area contributed by atoms with Crippen LogP contribution in [0.2, 0.25) is 0 Å². The molecule has 0 unspecified atom stereocenters. The minimum atomic E-state index is -0.580. The van der Waals surface area contributed by atoms with Crippen molar-refractivity contribution in [3.63, 3.8) is 0 Å². The summed E-state index contributed by atoms with van der Waals surface area (Å²) in [4.78, 5) is 0. The van der Waals surface area contributed by atoms with E-state index >= 15 is 0 Å². The standard InChI is InChI=1S/C77H65BN2/c1-73(2,3)47-38-54-55-39-48(74(4,5)6)41-63-70(55)80-69(54)62(40-47)77(57-31-21-19-29-50(57)51-30-20-22-32-58(51)77)59-33-34-64-67(72(59)80)78(63)66-49-28-18-17-27-46(49)37-56-65(68(79(64)71(56)66)45-25-15-12-16-26-45)53-43-61-60(75(7,8)35-36-76(61,9)10)42-52(53)44-23-13-11-14-24-44/h11-34,37-43H,35-36H2,1-10H3. The Kier molecular flexibility index (Phi) is 8.88. The fourth-order valence-corrected chi connectivity index (χ4v) is 16.4. The lowest BCUT2D eigenvalue weighted by molar-refractivity contribution is 0.332. The Hall–Kier alpha value is -8.14. The second-order valence-electron chi connectivity index (χ2n) is 27.8. The molecule has 5 aliphatic rings. The molecule has 10 aromatic carbocycles. The van der Waals surface area contributed by atoms with E-state index in [1.54, 1.807) is 0 Å². The van der Waals surface area contributed by atoms with Crippen molar-refractivity contribution in [3.8, 4) is 56.0 Å². The number of aromatic nitrogens is 2. The smallest absolute Gasteiger partial charge is 0.253 e. The van der Waals surface area contributed by atoms with Crippen LogP contribution in [0.1, 0.15) is 127 Å². The molecule has 80 heavy (non-hydrogen) atoms. The molecular weight excluding hydrogens is 964 g/mol. The van der Waals surface area contributed by atoms with Crippen molar-refractivity contribution < 1.29 is 0 Å². The Morgan fingerprint density at radius 1 is 0.400 bits per heavy atom. The highest BCUT2D eigenvalue weighted by Gasteiger charge is 2.55. The Labute approximate surface area is 470 Å². The van der Waals surface area contributed by atoms with Crippen molar-refractivity contribution in [1.29, 1.82) is 0 Å². The summed E-state index contributed by atoms with van der Waals surface area (Å²) in [5.74, 6) is 0. The van der Waals surface area contributed by atoms with Gasteiger partial charge in [0.15, 0.2) is 0 Å². The molecule has 3 aliphatic heterocycles. The topological polar surface area (TPSA) is 9.86 Å². The first-order valence-electron chi connectivity index (χ1n) is 29.4. The zero-order chi connectivity index (χ0) is 54.3. The highest BCUT2D eigenvalue weighted by atomic mass is 15.1. The van der Waals surface area contributed by atoms with Crippen LogP contribution in [0.4, 0.5) is 0 Å². The summed E-state index contributed by atoms with van der Waals surface area (Å²) in [6.07, 6.45) is 2.30. The Balaban J connectivity index is 1.13. The van der Waals surface area contributed by atoms with Crippen LogP contribution in [0.5, 0.6) is 0 Å². The number of rotatable bonds is 3. The number of hydrogen-bond acceptors (Lipinski definition) is 0. The van der Waals surface area contributed by atoms with Crippen molar-refractivity contribution >= 4 is 66.6 Å². The lowest BCUT2D eigenvalue weighted by Gasteiger charge is -2.44. The van der Waals surface area contributed by atoms with E-state index in [0.29, 0.717) is 0 Å². The molecule has 0 N–H and O–H groups in total. The van der Waals surface area contributed by atoms with E-state index in [4.69, 9.17) is 0 Å². The predicted octanol–water partition coefficient (Wildman–Crippen LogP) is 17.6. The number of fused-ring (bicyclic) bond motifs is 14. The van der Waals surface area contributed by atoms with Gasteiger partial charge in [0.05, 0.1) is 22.1 Å². The first kappa shape index (κ1) is 46.7. The largest absolute Gasteiger partial charge is 0.310 e. The summed E-state index contributed by atoms with van der Waals surface area (Å²) < 4.78 is 5.57. The van der Waals surface area contributed by atoms with Crippen molar-refractivity contribution in [2.24, 2.45) is 0 Å². The van der Waals surface area contributed by atoms with Gasteiger partial charge in [-0.25, -0.2) is 0 Å². The van der Waals surface area contributed by atoms with Crippen LogP contribution in [0, 0.1) is 0 Å². The molecule has 0 radical (unpaired) electrons.